The molecule has 1 amide bonds. The van der Waals surface area contributed by atoms with Crippen LogP contribution in [0, 0.1) is 6.92 Å². The van der Waals surface area contributed by atoms with Gasteiger partial charge in [-0.25, -0.2) is 0 Å². The first-order chi connectivity index (χ1) is 8.52. The molecule has 0 saturated heterocycles. The lowest BCUT2D eigenvalue weighted by atomic mass is 10.1. The Morgan fingerprint density at radius 3 is 2.67 bits per heavy atom. The Bertz CT molecular complexity index is 429. The molecule has 0 aromatic heterocycles. The quantitative estimate of drug-likeness (QED) is 0.813. The van der Waals surface area contributed by atoms with Crippen molar-refractivity contribution in [3.8, 4) is 0 Å². The van der Waals surface area contributed by atoms with E-state index in [0.717, 1.165) is 12.0 Å². The van der Waals surface area contributed by atoms with Crippen LogP contribution < -0.4 is 5.32 Å². The van der Waals surface area contributed by atoms with E-state index in [1.807, 2.05) is 26.0 Å². The number of rotatable bonds is 6. The van der Waals surface area contributed by atoms with E-state index >= 15 is 0 Å². The summed E-state index contributed by atoms with van der Waals surface area (Å²) in [5.74, 6) is -1.10. The van der Waals surface area contributed by atoms with Crippen molar-refractivity contribution in [2.45, 2.75) is 39.2 Å². The molecule has 2 N–H and O–H groups in total. The molecule has 0 bridgehead atoms. The zero-order chi connectivity index (χ0) is 13.5. The zero-order valence-electron chi connectivity index (χ0n) is 10.8. The smallest absolute Gasteiger partial charge is 0.305 e. The number of carbonyl (C=O) groups excluding carboxylic acids is 1. The highest BCUT2D eigenvalue weighted by Crippen LogP contribution is 2.07. The van der Waals surface area contributed by atoms with Crippen LogP contribution in [0.5, 0.6) is 0 Å². The van der Waals surface area contributed by atoms with E-state index < -0.39 is 5.97 Å². The van der Waals surface area contributed by atoms with E-state index in [-0.39, 0.29) is 18.4 Å². The Hall–Kier alpha value is -1.84. The number of hydrogen-bond donors (Lipinski definition) is 2. The van der Waals surface area contributed by atoms with Gasteiger partial charge in [0.1, 0.15) is 0 Å². The van der Waals surface area contributed by atoms with E-state index in [2.05, 4.69) is 5.32 Å². The molecular weight excluding hydrogens is 230 g/mol. The lowest BCUT2D eigenvalue weighted by Crippen LogP contribution is -2.36. The van der Waals surface area contributed by atoms with Gasteiger partial charge in [0.25, 0.3) is 5.91 Å². The van der Waals surface area contributed by atoms with Gasteiger partial charge in [0.2, 0.25) is 0 Å². The molecular formula is C14H19NO3. The summed E-state index contributed by atoms with van der Waals surface area (Å²) < 4.78 is 0. The predicted molar refractivity (Wildman–Crippen MR) is 69.6 cm³/mol. The van der Waals surface area contributed by atoms with Crippen molar-refractivity contribution < 1.29 is 14.7 Å². The first kappa shape index (κ1) is 14.2. The number of aliphatic carboxylic acids is 1. The largest absolute Gasteiger partial charge is 0.481 e. The third kappa shape index (κ3) is 4.57. The zero-order valence-corrected chi connectivity index (χ0v) is 10.8. The van der Waals surface area contributed by atoms with Crippen LogP contribution >= 0.6 is 0 Å². The normalized spacial score (nSPS) is 11.9. The molecule has 0 aliphatic rings. The summed E-state index contributed by atoms with van der Waals surface area (Å²) in [6.07, 6.45) is 1.47. The van der Waals surface area contributed by atoms with Gasteiger partial charge in [0, 0.05) is 11.6 Å². The summed E-state index contributed by atoms with van der Waals surface area (Å²) in [6.45, 7) is 3.88. The molecule has 1 unspecified atom stereocenters. The van der Waals surface area contributed by atoms with Crippen LogP contribution in [-0.2, 0) is 4.79 Å². The number of carbonyl (C=O) groups is 2. The highest BCUT2D eigenvalue weighted by atomic mass is 16.4. The topological polar surface area (TPSA) is 66.4 Å². The van der Waals surface area contributed by atoms with E-state index in [4.69, 9.17) is 5.11 Å². The average molecular weight is 249 g/mol. The summed E-state index contributed by atoms with van der Waals surface area (Å²) in [6, 6.07) is 6.94. The maximum atomic E-state index is 12.0. The summed E-state index contributed by atoms with van der Waals surface area (Å²) >= 11 is 0. The van der Waals surface area contributed by atoms with E-state index in [1.54, 1.807) is 12.1 Å². The summed E-state index contributed by atoms with van der Waals surface area (Å²) in [5.41, 5.74) is 1.58. The van der Waals surface area contributed by atoms with E-state index in [1.165, 1.54) is 0 Å². The van der Waals surface area contributed by atoms with Gasteiger partial charge in [-0.3, -0.25) is 9.59 Å². The number of benzene rings is 1. The maximum Gasteiger partial charge on any atom is 0.305 e. The Morgan fingerprint density at radius 1 is 1.39 bits per heavy atom. The minimum Gasteiger partial charge on any atom is -0.481 e. The average Bonchev–Trinajstić information content (AvgIpc) is 2.28. The van der Waals surface area contributed by atoms with Crippen molar-refractivity contribution >= 4 is 11.9 Å². The second kappa shape index (κ2) is 6.79. The Labute approximate surface area is 107 Å². The monoisotopic (exact) mass is 249 g/mol. The van der Waals surface area contributed by atoms with Gasteiger partial charge in [0.15, 0.2) is 0 Å². The fourth-order valence-corrected chi connectivity index (χ4v) is 1.84. The minimum absolute atomic E-state index is 0.0363. The van der Waals surface area contributed by atoms with Gasteiger partial charge in [-0.15, -0.1) is 0 Å². The van der Waals surface area contributed by atoms with Crippen LogP contribution in [0.15, 0.2) is 24.3 Å². The fraction of sp³-hybridized carbons (Fsp3) is 0.429. The molecule has 0 spiro atoms. The first-order valence-corrected chi connectivity index (χ1v) is 6.12. The van der Waals surface area contributed by atoms with Crippen molar-refractivity contribution in [2.24, 2.45) is 0 Å². The molecule has 4 heteroatoms. The molecule has 0 saturated carbocycles. The van der Waals surface area contributed by atoms with Gasteiger partial charge in [0.05, 0.1) is 6.42 Å². The number of carboxylic acids is 1. The molecule has 0 aliphatic carbocycles. The third-order valence-corrected chi connectivity index (χ3v) is 2.67. The second-order valence-electron chi connectivity index (χ2n) is 4.43. The van der Waals surface area contributed by atoms with Crippen LogP contribution in [0.1, 0.15) is 42.1 Å². The lowest BCUT2D eigenvalue weighted by Gasteiger charge is -2.16. The molecule has 0 fully saturated rings. The van der Waals surface area contributed by atoms with E-state index in [0.29, 0.717) is 12.0 Å². The highest BCUT2D eigenvalue weighted by Gasteiger charge is 2.16. The molecule has 0 heterocycles. The molecule has 0 radical (unpaired) electrons. The van der Waals surface area contributed by atoms with Crippen LogP contribution in [0.25, 0.3) is 0 Å². The molecule has 1 aromatic rings. The fourth-order valence-electron chi connectivity index (χ4n) is 1.84. The number of carboxylic acid groups (broad SMARTS) is 1. The van der Waals surface area contributed by atoms with Crippen molar-refractivity contribution in [2.75, 3.05) is 0 Å². The SMILES string of the molecule is CCCC(CC(=O)O)NC(=O)c1cccc(C)c1. The van der Waals surface area contributed by atoms with Gasteiger partial charge >= 0.3 is 5.97 Å². The molecule has 4 nitrogen and oxygen atoms in total. The number of hydrogen-bond acceptors (Lipinski definition) is 2. The summed E-state index contributed by atoms with van der Waals surface area (Å²) in [5, 5.41) is 11.6. The van der Waals surface area contributed by atoms with Crippen LogP contribution in [0.3, 0.4) is 0 Å². The number of amides is 1. The van der Waals surface area contributed by atoms with Gasteiger partial charge in [-0.1, -0.05) is 31.0 Å². The van der Waals surface area contributed by atoms with Crippen LogP contribution in [-0.4, -0.2) is 23.0 Å². The van der Waals surface area contributed by atoms with Crippen molar-refractivity contribution in [3.63, 3.8) is 0 Å². The summed E-state index contributed by atoms with van der Waals surface area (Å²) in [4.78, 5) is 22.7. The Morgan fingerprint density at radius 2 is 2.11 bits per heavy atom. The molecule has 1 atom stereocenters. The second-order valence-corrected chi connectivity index (χ2v) is 4.43. The van der Waals surface area contributed by atoms with Gasteiger partial charge in [-0.2, -0.15) is 0 Å². The molecule has 1 rings (SSSR count). The molecule has 1 aromatic carbocycles. The maximum absolute atomic E-state index is 12.0. The molecule has 98 valence electrons. The van der Waals surface area contributed by atoms with Gasteiger partial charge < -0.3 is 10.4 Å². The predicted octanol–water partition coefficient (Wildman–Crippen LogP) is 2.37. The third-order valence-electron chi connectivity index (χ3n) is 2.67. The minimum atomic E-state index is -0.891. The Kier molecular flexibility index (Phi) is 5.36. The standard InChI is InChI=1S/C14H19NO3/c1-3-5-12(9-13(16)17)15-14(18)11-7-4-6-10(2)8-11/h4,6-8,12H,3,5,9H2,1-2H3,(H,15,18)(H,16,17). The first-order valence-electron chi connectivity index (χ1n) is 6.12. The molecule has 0 aliphatic heterocycles. The number of nitrogens with one attached hydrogen (secondary N) is 1. The van der Waals surface area contributed by atoms with Crippen LogP contribution in [0.2, 0.25) is 0 Å². The van der Waals surface area contributed by atoms with Crippen LogP contribution in [0.4, 0.5) is 0 Å². The Balaban J connectivity index is 2.68. The van der Waals surface area contributed by atoms with Crippen molar-refractivity contribution in [1.82, 2.24) is 5.32 Å². The molecule has 18 heavy (non-hydrogen) atoms. The van der Waals surface area contributed by atoms with Gasteiger partial charge in [-0.05, 0) is 25.5 Å². The number of aryl methyl sites for hydroxylation is 1. The highest BCUT2D eigenvalue weighted by molar-refractivity contribution is 5.94. The van der Waals surface area contributed by atoms with Crippen molar-refractivity contribution in [3.05, 3.63) is 35.4 Å². The summed E-state index contributed by atoms with van der Waals surface area (Å²) in [7, 11) is 0. The van der Waals surface area contributed by atoms with E-state index in [9.17, 15) is 9.59 Å². The lowest BCUT2D eigenvalue weighted by molar-refractivity contribution is -0.137. The van der Waals surface area contributed by atoms with Crippen molar-refractivity contribution in [1.29, 1.82) is 0 Å².